The molecule has 1 atom stereocenters. The molecule has 1 fully saturated rings. The second-order valence-electron chi connectivity index (χ2n) is 7.06. The molecule has 1 heterocycles. The maximum absolute atomic E-state index is 12.1. The van der Waals surface area contributed by atoms with Crippen molar-refractivity contribution >= 4 is 5.91 Å². The highest BCUT2D eigenvalue weighted by molar-refractivity contribution is 5.78. The van der Waals surface area contributed by atoms with Crippen LogP contribution in [0.5, 0.6) is 0 Å². The zero-order valence-corrected chi connectivity index (χ0v) is 14.3. The molecule has 5 nitrogen and oxygen atoms in total. The summed E-state index contributed by atoms with van der Waals surface area (Å²) >= 11 is 0. The summed E-state index contributed by atoms with van der Waals surface area (Å²) in [5, 5.41) is 3.12. The van der Waals surface area contributed by atoms with Crippen molar-refractivity contribution in [2.75, 3.05) is 45.8 Å². The first kappa shape index (κ1) is 18.4. The largest absolute Gasteiger partial charge is 0.350 e. The van der Waals surface area contributed by atoms with E-state index in [0.29, 0.717) is 12.5 Å². The first-order chi connectivity index (χ1) is 9.86. The van der Waals surface area contributed by atoms with Gasteiger partial charge in [-0.05, 0) is 52.2 Å². The average Bonchev–Trinajstić information content (AvgIpc) is 2.63. The van der Waals surface area contributed by atoms with Gasteiger partial charge in [0, 0.05) is 25.2 Å². The number of hydrogen-bond donors (Lipinski definition) is 2. The summed E-state index contributed by atoms with van der Waals surface area (Å²) in [7, 11) is 0. The molecule has 1 aliphatic heterocycles. The maximum Gasteiger partial charge on any atom is 0.234 e. The number of carbonyl (C=O) groups is 1. The molecule has 1 saturated heterocycles. The normalized spacial score (nSPS) is 20.0. The SMILES string of the molecule is CCC(C)(C)NC(=O)CN1CCCN(CC(C)CN)CC1. The van der Waals surface area contributed by atoms with Gasteiger partial charge in [-0.1, -0.05) is 13.8 Å². The predicted molar refractivity (Wildman–Crippen MR) is 88.2 cm³/mol. The Morgan fingerprint density at radius 1 is 1.24 bits per heavy atom. The Morgan fingerprint density at radius 3 is 2.48 bits per heavy atom. The molecule has 1 amide bonds. The van der Waals surface area contributed by atoms with E-state index in [4.69, 9.17) is 5.73 Å². The lowest BCUT2D eigenvalue weighted by Crippen LogP contribution is -2.48. The van der Waals surface area contributed by atoms with E-state index in [9.17, 15) is 4.79 Å². The van der Waals surface area contributed by atoms with Gasteiger partial charge in [-0.15, -0.1) is 0 Å². The van der Waals surface area contributed by atoms with Gasteiger partial charge in [-0.2, -0.15) is 0 Å². The van der Waals surface area contributed by atoms with Gasteiger partial charge in [0.25, 0.3) is 0 Å². The lowest BCUT2D eigenvalue weighted by Gasteiger charge is -2.27. The lowest BCUT2D eigenvalue weighted by atomic mass is 10.0. The van der Waals surface area contributed by atoms with E-state index in [-0.39, 0.29) is 11.4 Å². The molecule has 0 aliphatic carbocycles. The molecule has 0 bridgehead atoms. The average molecular weight is 298 g/mol. The third kappa shape index (κ3) is 7.25. The van der Waals surface area contributed by atoms with Crippen LogP contribution in [0.15, 0.2) is 0 Å². The van der Waals surface area contributed by atoms with Crippen molar-refractivity contribution in [2.24, 2.45) is 11.7 Å². The fraction of sp³-hybridized carbons (Fsp3) is 0.938. The Morgan fingerprint density at radius 2 is 1.86 bits per heavy atom. The van der Waals surface area contributed by atoms with Crippen molar-refractivity contribution in [1.29, 1.82) is 0 Å². The number of carbonyl (C=O) groups excluding carboxylic acids is 1. The molecule has 0 aromatic rings. The molecule has 124 valence electrons. The van der Waals surface area contributed by atoms with Gasteiger partial charge in [-0.3, -0.25) is 9.69 Å². The van der Waals surface area contributed by atoms with Crippen LogP contribution < -0.4 is 11.1 Å². The van der Waals surface area contributed by atoms with Crippen LogP contribution >= 0.6 is 0 Å². The van der Waals surface area contributed by atoms with Crippen LogP contribution in [0.1, 0.15) is 40.5 Å². The molecular formula is C16H34N4O. The Hall–Kier alpha value is -0.650. The molecule has 0 saturated carbocycles. The molecule has 0 spiro atoms. The number of nitrogens with zero attached hydrogens (tertiary/aromatic N) is 2. The minimum Gasteiger partial charge on any atom is -0.350 e. The van der Waals surface area contributed by atoms with Gasteiger partial charge in [0.15, 0.2) is 0 Å². The third-order valence-electron chi connectivity index (χ3n) is 4.38. The minimum absolute atomic E-state index is 0.106. The molecule has 0 aromatic heterocycles. The van der Waals surface area contributed by atoms with E-state index in [2.05, 4.69) is 42.8 Å². The van der Waals surface area contributed by atoms with Crippen molar-refractivity contribution in [3.63, 3.8) is 0 Å². The lowest BCUT2D eigenvalue weighted by molar-refractivity contribution is -0.123. The van der Waals surface area contributed by atoms with E-state index >= 15 is 0 Å². The van der Waals surface area contributed by atoms with Crippen LogP contribution in [-0.4, -0.2) is 67.1 Å². The van der Waals surface area contributed by atoms with E-state index < -0.39 is 0 Å². The maximum atomic E-state index is 12.1. The van der Waals surface area contributed by atoms with Crippen LogP contribution in [0.3, 0.4) is 0 Å². The Balaban J connectivity index is 2.36. The highest BCUT2D eigenvalue weighted by Gasteiger charge is 2.21. The highest BCUT2D eigenvalue weighted by atomic mass is 16.2. The van der Waals surface area contributed by atoms with Gasteiger partial charge < -0.3 is 16.0 Å². The molecule has 0 aromatic carbocycles. The monoisotopic (exact) mass is 298 g/mol. The summed E-state index contributed by atoms with van der Waals surface area (Å²) in [6, 6.07) is 0. The first-order valence-electron chi connectivity index (χ1n) is 8.32. The second kappa shape index (κ2) is 8.71. The Kier molecular flexibility index (Phi) is 7.63. The van der Waals surface area contributed by atoms with Crippen molar-refractivity contribution in [2.45, 2.75) is 46.1 Å². The molecule has 1 unspecified atom stereocenters. The van der Waals surface area contributed by atoms with Crippen molar-refractivity contribution in [1.82, 2.24) is 15.1 Å². The van der Waals surface area contributed by atoms with Crippen LogP contribution in [-0.2, 0) is 4.79 Å². The number of nitrogens with two attached hydrogens (primary N) is 1. The number of amides is 1. The molecule has 21 heavy (non-hydrogen) atoms. The first-order valence-corrected chi connectivity index (χ1v) is 8.32. The summed E-state index contributed by atoms with van der Waals surface area (Å²) in [6.07, 6.45) is 2.07. The molecule has 5 heteroatoms. The van der Waals surface area contributed by atoms with Gasteiger partial charge in [-0.25, -0.2) is 0 Å². The Bertz CT molecular complexity index is 319. The van der Waals surface area contributed by atoms with Gasteiger partial charge >= 0.3 is 0 Å². The quantitative estimate of drug-likeness (QED) is 0.733. The predicted octanol–water partition coefficient (Wildman–Crippen LogP) is 0.894. The smallest absolute Gasteiger partial charge is 0.234 e. The number of rotatable bonds is 7. The molecular weight excluding hydrogens is 264 g/mol. The zero-order valence-electron chi connectivity index (χ0n) is 14.3. The summed E-state index contributed by atoms with van der Waals surface area (Å²) < 4.78 is 0. The molecule has 0 radical (unpaired) electrons. The van der Waals surface area contributed by atoms with Crippen LogP contribution in [0.25, 0.3) is 0 Å². The Labute approximate surface area is 130 Å². The summed E-state index contributed by atoms with van der Waals surface area (Å²) in [5.41, 5.74) is 5.60. The van der Waals surface area contributed by atoms with Gasteiger partial charge in [0.2, 0.25) is 5.91 Å². The highest BCUT2D eigenvalue weighted by Crippen LogP contribution is 2.08. The topological polar surface area (TPSA) is 61.6 Å². The fourth-order valence-electron chi connectivity index (χ4n) is 2.59. The van der Waals surface area contributed by atoms with Gasteiger partial charge in [0.1, 0.15) is 0 Å². The van der Waals surface area contributed by atoms with E-state index in [1.54, 1.807) is 0 Å². The summed E-state index contributed by atoms with van der Waals surface area (Å²) in [5.74, 6) is 0.691. The van der Waals surface area contributed by atoms with Crippen LogP contribution in [0.4, 0.5) is 0 Å². The molecule has 1 aliphatic rings. The van der Waals surface area contributed by atoms with Crippen molar-refractivity contribution in [3.8, 4) is 0 Å². The zero-order chi connectivity index (χ0) is 15.9. The second-order valence-corrected chi connectivity index (χ2v) is 7.06. The van der Waals surface area contributed by atoms with Crippen molar-refractivity contribution in [3.05, 3.63) is 0 Å². The van der Waals surface area contributed by atoms with E-state index in [1.165, 1.54) is 0 Å². The standard InChI is InChI=1S/C16H34N4O/c1-5-16(3,4)18-15(21)13-20-8-6-7-19(9-10-20)12-14(2)11-17/h14H,5-13,17H2,1-4H3,(H,18,21). The number of hydrogen-bond acceptors (Lipinski definition) is 4. The summed E-state index contributed by atoms with van der Waals surface area (Å²) in [6.45, 7) is 14.9. The fourth-order valence-corrected chi connectivity index (χ4v) is 2.59. The molecule has 1 rings (SSSR count). The summed E-state index contributed by atoms with van der Waals surface area (Å²) in [4.78, 5) is 16.9. The van der Waals surface area contributed by atoms with Crippen LogP contribution in [0, 0.1) is 5.92 Å². The third-order valence-corrected chi connectivity index (χ3v) is 4.38. The van der Waals surface area contributed by atoms with Crippen LogP contribution in [0.2, 0.25) is 0 Å². The van der Waals surface area contributed by atoms with Crippen molar-refractivity contribution < 1.29 is 4.79 Å². The van der Waals surface area contributed by atoms with Gasteiger partial charge in [0.05, 0.1) is 6.54 Å². The number of nitrogens with one attached hydrogen (secondary N) is 1. The van der Waals surface area contributed by atoms with E-state index in [0.717, 1.165) is 52.1 Å². The molecule has 3 N–H and O–H groups in total. The van der Waals surface area contributed by atoms with E-state index in [1.807, 2.05) is 0 Å². The minimum atomic E-state index is -0.106.